The molecule has 2 bridgehead atoms. The standard InChI is InChI=1S/C24H21F6N3O2/c25-23(26,27)16-2-1-3-19-20(16)21(34)15(11-31-19)22(35)32-18-9-8-14(10-17(18)24(28,29)30)33-12-4-5-13(33)7-6-12/h1-3,8-13,16,20,34H,4-7H2,(H,32,35). The van der Waals surface area contributed by atoms with E-state index in [9.17, 15) is 36.2 Å². The highest BCUT2D eigenvalue weighted by molar-refractivity contribution is 6.19. The normalized spacial score (nSPS) is 27.8. The molecule has 4 aliphatic rings. The predicted octanol–water partition coefficient (Wildman–Crippen LogP) is 5.92. The summed E-state index contributed by atoms with van der Waals surface area (Å²) < 4.78 is 82.1. The van der Waals surface area contributed by atoms with Crippen molar-refractivity contribution in [3.05, 3.63) is 59.0 Å². The van der Waals surface area contributed by atoms with Crippen molar-refractivity contribution in [1.29, 1.82) is 0 Å². The van der Waals surface area contributed by atoms with Crippen LogP contribution < -0.4 is 10.2 Å². The first-order valence-electron chi connectivity index (χ1n) is 11.2. The smallest absolute Gasteiger partial charge is 0.418 e. The van der Waals surface area contributed by atoms with Crippen LogP contribution in [0.3, 0.4) is 0 Å². The van der Waals surface area contributed by atoms with Crippen molar-refractivity contribution in [2.45, 2.75) is 50.1 Å². The Morgan fingerprint density at radius 2 is 1.71 bits per heavy atom. The number of fused-ring (bicyclic) bond motifs is 3. The van der Waals surface area contributed by atoms with Gasteiger partial charge in [-0.15, -0.1) is 0 Å². The van der Waals surface area contributed by atoms with Crippen LogP contribution >= 0.6 is 0 Å². The van der Waals surface area contributed by atoms with Gasteiger partial charge in [0, 0.05) is 24.0 Å². The molecule has 3 heterocycles. The number of aliphatic hydroxyl groups is 1. The number of hydrogen-bond donors (Lipinski definition) is 2. The quantitative estimate of drug-likeness (QED) is 0.510. The van der Waals surface area contributed by atoms with Crippen LogP contribution in [0, 0.1) is 11.8 Å². The van der Waals surface area contributed by atoms with E-state index in [4.69, 9.17) is 0 Å². The van der Waals surface area contributed by atoms with Gasteiger partial charge in [0.1, 0.15) is 5.76 Å². The number of carbonyl (C=O) groups is 1. The number of hydrogen-bond acceptors (Lipinski definition) is 4. The highest BCUT2D eigenvalue weighted by Crippen LogP contribution is 2.46. The van der Waals surface area contributed by atoms with Gasteiger partial charge < -0.3 is 15.3 Å². The van der Waals surface area contributed by atoms with Crippen LogP contribution in [0.2, 0.25) is 0 Å². The van der Waals surface area contributed by atoms with Gasteiger partial charge in [-0.25, -0.2) is 0 Å². The fourth-order valence-corrected chi connectivity index (χ4v) is 5.51. The zero-order valence-corrected chi connectivity index (χ0v) is 18.2. The van der Waals surface area contributed by atoms with Crippen molar-refractivity contribution >= 4 is 23.5 Å². The second-order valence-corrected chi connectivity index (χ2v) is 9.13. The zero-order valence-electron chi connectivity index (χ0n) is 18.2. The summed E-state index contributed by atoms with van der Waals surface area (Å²) in [4.78, 5) is 18.7. The summed E-state index contributed by atoms with van der Waals surface area (Å²) in [6.45, 7) is 0. The first-order chi connectivity index (χ1) is 16.4. The number of carbonyl (C=O) groups excluding carboxylic acids is 1. The van der Waals surface area contributed by atoms with Crippen molar-refractivity contribution in [3.8, 4) is 0 Å². The molecular weight excluding hydrogens is 476 g/mol. The summed E-state index contributed by atoms with van der Waals surface area (Å²) in [5.41, 5.74) is -1.92. The minimum atomic E-state index is -4.79. The maximum atomic E-state index is 13.9. The number of anilines is 2. The van der Waals surface area contributed by atoms with Crippen LogP contribution in [-0.2, 0) is 11.0 Å². The van der Waals surface area contributed by atoms with Gasteiger partial charge in [-0.2, -0.15) is 26.3 Å². The van der Waals surface area contributed by atoms with E-state index in [1.807, 2.05) is 4.90 Å². The van der Waals surface area contributed by atoms with Crippen LogP contribution in [0.4, 0.5) is 37.7 Å². The summed E-state index contributed by atoms with van der Waals surface area (Å²) >= 11 is 0. The Kier molecular flexibility index (Phi) is 5.48. The van der Waals surface area contributed by atoms with Crippen LogP contribution in [-0.4, -0.2) is 35.5 Å². The van der Waals surface area contributed by atoms with E-state index < -0.39 is 52.7 Å². The number of aliphatic imine (C=N–C) groups is 1. The number of rotatable bonds is 3. The average Bonchev–Trinajstić information content (AvgIpc) is 3.38. The lowest BCUT2D eigenvalue weighted by Crippen LogP contribution is -2.35. The Morgan fingerprint density at radius 3 is 2.31 bits per heavy atom. The van der Waals surface area contributed by atoms with E-state index in [1.54, 1.807) is 0 Å². The second kappa shape index (κ2) is 8.17. The number of aliphatic hydroxyl groups excluding tert-OH is 1. The van der Waals surface area contributed by atoms with E-state index in [-0.39, 0.29) is 17.8 Å². The molecule has 2 saturated heterocycles. The van der Waals surface area contributed by atoms with Crippen molar-refractivity contribution < 1.29 is 36.2 Å². The molecular formula is C24H21F6N3O2. The lowest BCUT2D eigenvalue weighted by Gasteiger charge is -2.31. The van der Waals surface area contributed by atoms with Crippen molar-refractivity contribution in [1.82, 2.24) is 0 Å². The number of halogens is 6. The minimum Gasteiger partial charge on any atom is -0.511 e. The first kappa shape index (κ1) is 23.5. The molecule has 35 heavy (non-hydrogen) atoms. The lowest BCUT2D eigenvalue weighted by atomic mass is 9.81. The van der Waals surface area contributed by atoms with Gasteiger partial charge in [-0.05, 0) is 50.0 Å². The third-order valence-corrected chi connectivity index (χ3v) is 7.11. The summed E-state index contributed by atoms with van der Waals surface area (Å²) in [6.07, 6.45) is -1.70. The molecule has 0 saturated carbocycles. The molecule has 0 spiro atoms. The first-order valence-corrected chi connectivity index (χ1v) is 11.2. The van der Waals surface area contributed by atoms with Gasteiger partial charge in [0.25, 0.3) is 5.91 Å². The molecule has 1 amide bonds. The minimum absolute atomic E-state index is 0.0931. The molecule has 3 aliphatic heterocycles. The number of amides is 1. The van der Waals surface area contributed by atoms with Crippen molar-refractivity contribution in [2.24, 2.45) is 16.8 Å². The summed E-state index contributed by atoms with van der Waals surface area (Å²) in [6, 6.07) is 4.00. The van der Waals surface area contributed by atoms with Gasteiger partial charge in [0.2, 0.25) is 0 Å². The van der Waals surface area contributed by atoms with E-state index in [1.165, 1.54) is 12.1 Å². The van der Waals surface area contributed by atoms with Gasteiger partial charge >= 0.3 is 12.4 Å². The highest BCUT2D eigenvalue weighted by Gasteiger charge is 2.49. The molecule has 5 rings (SSSR count). The van der Waals surface area contributed by atoms with Crippen LogP contribution in [0.5, 0.6) is 0 Å². The third kappa shape index (κ3) is 4.10. The number of dihydropyridines is 1. The molecule has 1 aliphatic carbocycles. The highest BCUT2D eigenvalue weighted by atomic mass is 19.4. The number of allylic oxidation sites excluding steroid dienone is 3. The Morgan fingerprint density at radius 1 is 1.06 bits per heavy atom. The molecule has 2 fully saturated rings. The molecule has 1 aromatic rings. The number of nitrogens with one attached hydrogen (secondary N) is 1. The Bertz CT molecular complexity index is 1160. The van der Waals surface area contributed by atoms with E-state index in [0.717, 1.165) is 56.2 Å². The largest absolute Gasteiger partial charge is 0.511 e. The second-order valence-electron chi connectivity index (χ2n) is 9.13. The van der Waals surface area contributed by atoms with E-state index >= 15 is 0 Å². The topological polar surface area (TPSA) is 64.9 Å². The Balaban J connectivity index is 1.45. The van der Waals surface area contributed by atoms with Gasteiger partial charge in [-0.1, -0.05) is 12.2 Å². The van der Waals surface area contributed by atoms with Crippen LogP contribution in [0.25, 0.3) is 0 Å². The van der Waals surface area contributed by atoms with Crippen molar-refractivity contribution in [2.75, 3.05) is 10.2 Å². The third-order valence-electron chi connectivity index (χ3n) is 7.11. The molecule has 2 unspecified atom stereocenters. The average molecular weight is 497 g/mol. The number of benzene rings is 1. The monoisotopic (exact) mass is 497 g/mol. The maximum Gasteiger partial charge on any atom is 0.418 e. The predicted molar refractivity (Wildman–Crippen MR) is 117 cm³/mol. The number of alkyl halides is 6. The summed E-state index contributed by atoms with van der Waals surface area (Å²) in [5, 5.41) is 12.7. The van der Waals surface area contributed by atoms with E-state index in [0.29, 0.717) is 5.69 Å². The molecule has 0 radical (unpaired) electrons. The van der Waals surface area contributed by atoms with Crippen LogP contribution in [0.1, 0.15) is 31.2 Å². The maximum absolute atomic E-state index is 13.9. The van der Waals surface area contributed by atoms with E-state index in [2.05, 4.69) is 10.3 Å². The Hall–Kier alpha value is -3.24. The van der Waals surface area contributed by atoms with Gasteiger partial charge in [-0.3, -0.25) is 9.79 Å². The fourth-order valence-electron chi connectivity index (χ4n) is 5.51. The summed E-state index contributed by atoms with van der Waals surface area (Å²) in [7, 11) is 0. The molecule has 2 atom stereocenters. The molecule has 1 aromatic carbocycles. The van der Waals surface area contributed by atoms with Crippen molar-refractivity contribution in [3.63, 3.8) is 0 Å². The molecule has 2 N–H and O–H groups in total. The molecule has 11 heteroatoms. The van der Waals surface area contributed by atoms with Crippen LogP contribution in [0.15, 0.2) is 58.4 Å². The fraction of sp³-hybridized carbons (Fsp3) is 0.417. The molecule has 0 aromatic heterocycles. The zero-order chi connectivity index (χ0) is 25.1. The number of nitrogens with zero attached hydrogens (tertiary/aromatic N) is 2. The van der Waals surface area contributed by atoms with Gasteiger partial charge in [0.15, 0.2) is 0 Å². The molecule has 5 nitrogen and oxygen atoms in total. The SMILES string of the molecule is O=C(Nc1ccc(N2C3CCC2CC3)cc1C(F)(F)F)C1=C(O)C2C(=CC=CC2C(F)(F)F)N=C1. The Labute approximate surface area is 196 Å². The molecule has 186 valence electrons. The lowest BCUT2D eigenvalue weighted by molar-refractivity contribution is -0.170. The van der Waals surface area contributed by atoms with Gasteiger partial charge in [0.05, 0.1) is 34.4 Å². The summed E-state index contributed by atoms with van der Waals surface area (Å²) in [5.74, 6) is -5.85.